The zero-order valence-corrected chi connectivity index (χ0v) is 18.6. The Labute approximate surface area is 186 Å². The van der Waals surface area contributed by atoms with Gasteiger partial charge in [0.25, 0.3) is 15.9 Å². The normalized spacial score (nSPS) is 16.3. The van der Waals surface area contributed by atoms with Gasteiger partial charge < -0.3 is 10.1 Å². The lowest BCUT2D eigenvalue weighted by molar-refractivity contribution is 0.0863. The number of amides is 1. The molecule has 1 heterocycles. The molecule has 3 aromatic carbocycles. The molecule has 0 radical (unpaired) electrons. The van der Waals surface area contributed by atoms with Crippen LogP contribution in [0.3, 0.4) is 0 Å². The van der Waals surface area contributed by atoms with Gasteiger partial charge in [0.2, 0.25) is 0 Å². The number of nitrogens with zero attached hydrogens (tertiary/aromatic N) is 1. The highest BCUT2D eigenvalue weighted by molar-refractivity contribution is 7.89. The van der Waals surface area contributed by atoms with Gasteiger partial charge in [-0.3, -0.25) is 4.79 Å². The summed E-state index contributed by atoms with van der Waals surface area (Å²) in [4.78, 5) is 13.4. The summed E-state index contributed by atoms with van der Waals surface area (Å²) in [5.41, 5.74) is 2.48. The van der Waals surface area contributed by atoms with E-state index in [2.05, 4.69) is 5.32 Å². The Morgan fingerprint density at radius 1 is 1.03 bits per heavy atom. The highest BCUT2D eigenvalue weighted by atomic mass is 35.5. The molecule has 4 rings (SSSR count). The lowest BCUT2D eigenvalue weighted by atomic mass is 10.1. The van der Waals surface area contributed by atoms with Crippen LogP contribution in [0, 0.1) is 6.92 Å². The number of carbonyl (C=O) groups is 1. The van der Waals surface area contributed by atoms with Gasteiger partial charge in [-0.05, 0) is 55.0 Å². The highest BCUT2D eigenvalue weighted by Crippen LogP contribution is 2.33. The molecule has 1 aliphatic heterocycles. The number of benzene rings is 3. The predicted octanol–water partition coefficient (Wildman–Crippen LogP) is 4.65. The number of halogens is 1. The summed E-state index contributed by atoms with van der Waals surface area (Å²) in [6, 6.07) is 18.1. The van der Waals surface area contributed by atoms with Crippen molar-refractivity contribution in [1.29, 1.82) is 0 Å². The van der Waals surface area contributed by atoms with Crippen LogP contribution in [0.5, 0.6) is 5.75 Å². The molecule has 160 valence electrons. The maximum atomic E-state index is 13.5. The van der Waals surface area contributed by atoms with Crippen LogP contribution in [-0.2, 0) is 10.0 Å². The van der Waals surface area contributed by atoms with E-state index in [0.717, 1.165) is 15.4 Å². The van der Waals surface area contributed by atoms with Crippen molar-refractivity contribution in [2.75, 3.05) is 19.0 Å². The van der Waals surface area contributed by atoms with Crippen molar-refractivity contribution in [2.45, 2.75) is 17.9 Å². The summed E-state index contributed by atoms with van der Waals surface area (Å²) < 4.78 is 33.0. The minimum Gasteiger partial charge on any atom is -0.497 e. The number of nitrogens with one attached hydrogen (secondary N) is 1. The van der Waals surface area contributed by atoms with E-state index in [1.807, 2.05) is 19.1 Å². The van der Waals surface area contributed by atoms with E-state index >= 15 is 0 Å². The molecule has 0 saturated heterocycles. The van der Waals surface area contributed by atoms with Crippen LogP contribution in [0.15, 0.2) is 71.6 Å². The van der Waals surface area contributed by atoms with Crippen LogP contribution >= 0.6 is 11.6 Å². The lowest BCUT2D eigenvalue weighted by Crippen LogP contribution is -2.39. The molecule has 3 aromatic rings. The quantitative estimate of drug-likeness (QED) is 0.618. The number of aryl methyl sites for hydroxylation is 1. The molecule has 1 aliphatic rings. The third kappa shape index (κ3) is 4.11. The van der Waals surface area contributed by atoms with Gasteiger partial charge in [0.05, 0.1) is 30.2 Å². The molecule has 31 heavy (non-hydrogen) atoms. The number of sulfonamides is 1. The minimum atomic E-state index is -4.08. The highest BCUT2D eigenvalue weighted by Gasteiger charge is 2.36. The van der Waals surface area contributed by atoms with Crippen LogP contribution in [0.25, 0.3) is 0 Å². The molecule has 1 N–H and O–H groups in total. The molecule has 0 saturated carbocycles. The van der Waals surface area contributed by atoms with Gasteiger partial charge in [-0.15, -0.1) is 0 Å². The molecular weight excluding hydrogens is 436 g/mol. The van der Waals surface area contributed by atoms with Crippen LogP contribution < -0.4 is 10.1 Å². The van der Waals surface area contributed by atoms with Gasteiger partial charge >= 0.3 is 0 Å². The predicted molar refractivity (Wildman–Crippen MR) is 120 cm³/mol. The number of rotatable bonds is 4. The van der Waals surface area contributed by atoms with Crippen LogP contribution in [0.1, 0.15) is 27.5 Å². The Morgan fingerprint density at radius 3 is 2.35 bits per heavy atom. The van der Waals surface area contributed by atoms with E-state index in [4.69, 9.17) is 16.3 Å². The maximum Gasteiger partial charge on any atom is 0.269 e. The molecule has 6 nitrogen and oxygen atoms in total. The summed E-state index contributed by atoms with van der Waals surface area (Å²) in [5, 5.41) is 3.66. The third-order valence-electron chi connectivity index (χ3n) is 5.24. The Hall–Kier alpha value is -3.03. The number of hydrogen-bond acceptors (Lipinski definition) is 5. The molecule has 1 amide bonds. The molecule has 1 unspecified atom stereocenters. The van der Waals surface area contributed by atoms with E-state index in [-0.39, 0.29) is 17.0 Å². The zero-order chi connectivity index (χ0) is 22.2. The molecule has 0 aromatic heterocycles. The SMILES string of the molecule is COc1ccc(C2CN(S(=O)(=O)c3ccc(C)cc3)C(=O)c3cc(Cl)ccc3N2)cc1. The van der Waals surface area contributed by atoms with E-state index in [9.17, 15) is 13.2 Å². The van der Waals surface area contributed by atoms with Crippen molar-refractivity contribution >= 4 is 33.2 Å². The first-order valence-corrected chi connectivity index (χ1v) is 11.4. The fourth-order valence-corrected chi connectivity index (χ4v) is 5.07. The second-order valence-corrected chi connectivity index (χ2v) is 9.61. The van der Waals surface area contributed by atoms with Gasteiger partial charge in [0.15, 0.2) is 0 Å². The summed E-state index contributed by atoms with van der Waals surface area (Å²) >= 11 is 6.12. The van der Waals surface area contributed by atoms with Crippen molar-refractivity contribution in [2.24, 2.45) is 0 Å². The first-order valence-electron chi connectivity index (χ1n) is 9.63. The van der Waals surface area contributed by atoms with Gasteiger partial charge in [0, 0.05) is 10.7 Å². The average Bonchev–Trinajstić information content (AvgIpc) is 2.91. The van der Waals surface area contributed by atoms with E-state index in [0.29, 0.717) is 16.5 Å². The molecule has 0 spiro atoms. The monoisotopic (exact) mass is 456 g/mol. The van der Waals surface area contributed by atoms with E-state index < -0.39 is 22.0 Å². The van der Waals surface area contributed by atoms with E-state index in [1.165, 1.54) is 18.2 Å². The lowest BCUT2D eigenvalue weighted by Gasteiger charge is -2.25. The Morgan fingerprint density at radius 2 is 1.71 bits per heavy atom. The Balaban J connectivity index is 1.82. The average molecular weight is 457 g/mol. The number of ether oxygens (including phenoxy) is 1. The first kappa shape index (κ1) is 21.2. The molecule has 8 heteroatoms. The Kier molecular flexibility index (Phi) is 5.64. The number of methoxy groups -OCH3 is 1. The fraction of sp³-hybridized carbons (Fsp3) is 0.174. The number of anilines is 1. The molecule has 0 aliphatic carbocycles. The summed E-state index contributed by atoms with van der Waals surface area (Å²) in [7, 11) is -2.51. The molecule has 0 bridgehead atoms. The van der Waals surface area contributed by atoms with Crippen LogP contribution in [0.2, 0.25) is 5.02 Å². The standard InChI is InChI=1S/C23H21ClN2O4S/c1-15-3-10-19(11-4-15)31(28,29)26-14-22(16-5-8-18(30-2)9-6-16)25-21-12-7-17(24)13-20(21)23(26)27/h3-13,22,25H,14H2,1-2H3. The van der Waals surface area contributed by atoms with Crippen molar-refractivity contribution in [3.8, 4) is 5.75 Å². The fourth-order valence-electron chi connectivity index (χ4n) is 3.51. The van der Waals surface area contributed by atoms with Crippen LogP contribution in [-0.4, -0.2) is 32.3 Å². The van der Waals surface area contributed by atoms with Gasteiger partial charge in [-0.25, -0.2) is 12.7 Å². The van der Waals surface area contributed by atoms with Gasteiger partial charge in [0.1, 0.15) is 5.75 Å². The molecular formula is C23H21ClN2O4S. The second-order valence-electron chi connectivity index (χ2n) is 7.31. The van der Waals surface area contributed by atoms with E-state index in [1.54, 1.807) is 43.5 Å². The Bertz CT molecular complexity index is 1230. The van der Waals surface area contributed by atoms with Gasteiger partial charge in [-0.1, -0.05) is 41.4 Å². The van der Waals surface area contributed by atoms with Crippen LogP contribution in [0.4, 0.5) is 5.69 Å². The van der Waals surface area contributed by atoms with Crippen molar-refractivity contribution in [3.05, 3.63) is 88.4 Å². The summed E-state index contributed by atoms with van der Waals surface area (Å²) in [6.07, 6.45) is 0. The first-order chi connectivity index (χ1) is 14.8. The second kappa shape index (κ2) is 8.24. The minimum absolute atomic E-state index is 0.0606. The molecule has 1 atom stereocenters. The topological polar surface area (TPSA) is 75.7 Å². The largest absolute Gasteiger partial charge is 0.497 e. The van der Waals surface area contributed by atoms with Gasteiger partial charge in [-0.2, -0.15) is 0 Å². The summed E-state index contributed by atoms with van der Waals surface area (Å²) in [5.74, 6) is 0.0614. The number of carbonyl (C=O) groups excluding carboxylic acids is 1. The maximum absolute atomic E-state index is 13.5. The zero-order valence-electron chi connectivity index (χ0n) is 17.0. The van der Waals surface area contributed by atoms with Crippen molar-refractivity contribution in [3.63, 3.8) is 0 Å². The summed E-state index contributed by atoms with van der Waals surface area (Å²) in [6.45, 7) is 1.79. The molecule has 0 fully saturated rings. The number of hydrogen-bond donors (Lipinski definition) is 1. The number of fused-ring (bicyclic) bond motifs is 1. The van der Waals surface area contributed by atoms with Crippen molar-refractivity contribution in [1.82, 2.24) is 4.31 Å². The third-order valence-corrected chi connectivity index (χ3v) is 7.24. The smallest absolute Gasteiger partial charge is 0.269 e. The van der Waals surface area contributed by atoms with Crippen molar-refractivity contribution < 1.29 is 17.9 Å².